The van der Waals surface area contributed by atoms with Gasteiger partial charge in [0.1, 0.15) is 11.5 Å². The van der Waals surface area contributed by atoms with Crippen LogP contribution in [0.2, 0.25) is 0 Å². The van der Waals surface area contributed by atoms with Gasteiger partial charge in [-0.3, -0.25) is 4.99 Å². The fourth-order valence-corrected chi connectivity index (χ4v) is 6.03. The van der Waals surface area contributed by atoms with Crippen molar-refractivity contribution < 1.29 is 9.47 Å². The van der Waals surface area contributed by atoms with Crippen molar-refractivity contribution in [1.82, 2.24) is 0 Å². The normalized spacial score (nSPS) is 11.9. The van der Waals surface area contributed by atoms with Gasteiger partial charge in [0.15, 0.2) is 0 Å². The van der Waals surface area contributed by atoms with E-state index in [1.54, 1.807) is 14.2 Å². The standard InChI is InChI=1S/C29H27NO2P2/c1-31-24-13-5-9-17-28(24)33-26-15-7-3-11-22(26)19-20-30-21-23-12-4-8-16-27(23)34-29-18-10-6-14-25(29)32-2/h3-21,33-34H,1-2H3/b20-19-,30-21?. The maximum Gasteiger partial charge on any atom is 0.126 e. The molecule has 0 fully saturated rings. The second-order valence-corrected chi connectivity index (χ2v) is 10.1. The summed E-state index contributed by atoms with van der Waals surface area (Å²) < 4.78 is 11.1. The first-order chi connectivity index (χ1) is 16.8. The molecule has 170 valence electrons. The SMILES string of the molecule is COc1ccccc1Pc1ccccc1C=N/C=C\c1ccccc1Pc1ccccc1OC. The molecule has 0 aliphatic heterocycles. The Morgan fingerprint density at radius 2 is 1.00 bits per heavy atom. The smallest absolute Gasteiger partial charge is 0.126 e. The zero-order valence-corrected chi connectivity index (χ0v) is 21.2. The number of hydrogen-bond donors (Lipinski definition) is 0. The molecule has 0 radical (unpaired) electrons. The molecule has 0 saturated heterocycles. The predicted octanol–water partition coefficient (Wildman–Crippen LogP) is 5.05. The molecule has 2 unspecified atom stereocenters. The quantitative estimate of drug-likeness (QED) is 0.246. The minimum atomic E-state index is 0.495. The number of methoxy groups -OCH3 is 2. The van der Waals surface area contributed by atoms with Crippen LogP contribution in [-0.2, 0) is 0 Å². The summed E-state index contributed by atoms with van der Waals surface area (Å²) in [7, 11) is 4.44. The van der Waals surface area contributed by atoms with Crippen molar-refractivity contribution in [2.75, 3.05) is 14.2 Å². The molecule has 4 rings (SSSR count). The average Bonchev–Trinajstić information content (AvgIpc) is 2.89. The van der Waals surface area contributed by atoms with Crippen molar-refractivity contribution in [2.24, 2.45) is 4.99 Å². The lowest BCUT2D eigenvalue weighted by atomic mass is 10.2. The van der Waals surface area contributed by atoms with Gasteiger partial charge in [-0.15, -0.1) is 0 Å². The molecule has 0 bridgehead atoms. The Bertz CT molecular complexity index is 1200. The first-order valence-corrected chi connectivity index (χ1v) is 13.0. The fraction of sp³-hybridized carbons (Fsp3) is 0.0690. The number of benzene rings is 4. The monoisotopic (exact) mass is 483 g/mol. The van der Waals surface area contributed by atoms with Crippen LogP contribution < -0.4 is 30.7 Å². The molecule has 4 aromatic rings. The van der Waals surface area contributed by atoms with Crippen molar-refractivity contribution in [3.63, 3.8) is 0 Å². The molecule has 34 heavy (non-hydrogen) atoms. The number of ether oxygens (including phenoxy) is 2. The zero-order valence-electron chi connectivity index (χ0n) is 19.2. The molecular weight excluding hydrogens is 456 g/mol. The van der Waals surface area contributed by atoms with Gasteiger partial charge in [0.05, 0.1) is 14.2 Å². The molecule has 2 atom stereocenters. The topological polar surface area (TPSA) is 30.8 Å². The molecule has 3 nitrogen and oxygen atoms in total. The van der Waals surface area contributed by atoms with Gasteiger partial charge in [-0.1, -0.05) is 102 Å². The average molecular weight is 483 g/mol. The number of para-hydroxylation sites is 2. The van der Waals surface area contributed by atoms with E-state index in [1.165, 1.54) is 21.2 Å². The van der Waals surface area contributed by atoms with Crippen LogP contribution in [-0.4, -0.2) is 20.4 Å². The Balaban J connectivity index is 1.51. The van der Waals surface area contributed by atoms with Crippen LogP contribution in [0.25, 0.3) is 6.08 Å². The van der Waals surface area contributed by atoms with Gasteiger partial charge in [0.25, 0.3) is 0 Å². The molecule has 0 amide bonds. The minimum absolute atomic E-state index is 0.495. The van der Waals surface area contributed by atoms with Gasteiger partial charge in [0.2, 0.25) is 0 Å². The molecule has 0 saturated carbocycles. The number of aliphatic imine (C=N–C) groups is 1. The summed E-state index contributed by atoms with van der Waals surface area (Å²) in [5, 5.41) is 4.88. The summed E-state index contributed by atoms with van der Waals surface area (Å²) in [6.45, 7) is 0. The van der Waals surface area contributed by atoms with Crippen LogP contribution in [0.1, 0.15) is 11.1 Å². The summed E-state index contributed by atoms with van der Waals surface area (Å²) in [4.78, 5) is 4.61. The maximum atomic E-state index is 5.53. The van der Waals surface area contributed by atoms with E-state index < -0.39 is 0 Å². The van der Waals surface area contributed by atoms with Gasteiger partial charge in [-0.25, -0.2) is 0 Å². The van der Waals surface area contributed by atoms with E-state index in [9.17, 15) is 0 Å². The highest BCUT2D eigenvalue weighted by Crippen LogP contribution is 2.22. The van der Waals surface area contributed by atoms with E-state index in [4.69, 9.17) is 9.47 Å². The van der Waals surface area contributed by atoms with Crippen LogP contribution in [0.5, 0.6) is 11.5 Å². The molecule has 0 heterocycles. The van der Waals surface area contributed by atoms with Crippen molar-refractivity contribution in [3.05, 3.63) is 114 Å². The molecule has 4 aromatic carbocycles. The minimum Gasteiger partial charge on any atom is -0.496 e. The lowest BCUT2D eigenvalue weighted by Crippen LogP contribution is -2.10. The van der Waals surface area contributed by atoms with E-state index in [1.807, 2.05) is 48.8 Å². The number of rotatable bonds is 9. The van der Waals surface area contributed by atoms with Crippen LogP contribution in [0.3, 0.4) is 0 Å². The van der Waals surface area contributed by atoms with Crippen molar-refractivity contribution >= 4 is 50.7 Å². The van der Waals surface area contributed by atoms with Gasteiger partial charge in [0, 0.05) is 28.6 Å². The molecule has 0 aromatic heterocycles. The van der Waals surface area contributed by atoms with Crippen molar-refractivity contribution in [3.8, 4) is 11.5 Å². The lowest BCUT2D eigenvalue weighted by Gasteiger charge is -2.10. The fourth-order valence-electron chi connectivity index (χ4n) is 3.51. The van der Waals surface area contributed by atoms with E-state index in [2.05, 4.69) is 71.7 Å². The second kappa shape index (κ2) is 12.3. The Morgan fingerprint density at radius 1 is 0.559 bits per heavy atom. The molecule has 0 spiro atoms. The van der Waals surface area contributed by atoms with Crippen LogP contribution in [0.15, 0.2) is 108 Å². The molecule has 0 aliphatic carbocycles. The van der Waals surface area contributed by atoms with Gasteiger partial charge in [-0.2, -0.15) is 0 Å². The first-order valence-electron chi connectivity index (χ1n) is 11.0. The third kappa shape index (κ3) is 6.20. The maximum absolute atomic E-state index is 5.53. The Labute approximate surface area is 205 Å². The Hall–Kier alpha value is -3.25. The van der Waals surface area contributed by atoms with Gasteiger partial charge >= 0.3 is 0 Å². The van der Waals surface area contributed by atoms with E-state index >= 15 is 0 Å². The molecule has 0 aliphatic rings. The predicted molar refractivity (Wildman–Crippen MR) is 151 cm³/mol. The molecule has 0 N–H and O–H groups in total. The largest absolute Gasteiger partial charge is 0.496 e. The van der Waals surface area contributed by atoms with Crippen molar-refractivity contribution in [2.45, 2.75) is 0 Å². The summed E-state index contributed by atoms with van der Waals surface area (Å²) >= 11 is 0. The molecule has 5 heteroatoms. The Kier molecular flexibility index (Phi) is 8.63. The Morgan fingerprint density at radius 3 is 1.56 bits per heavy atom. The lowest BCUT2D eigenvalue weighted by molar-refractivity contribution is 0.418. The third-order valence-corrected chi connectivity index (χ3v) is 8.04. The van der Waals surface area contributed by atoms with Crippen molar-refractivity contribution in [1.29, 1.82) is 0 Å². The van der Waals surface area contributed by atoms with Crippen LogP contribution in [0, 0.1) is 0 Å². The van der Waals surface area contributed by atoms with Crippen LogP contribution >= 0.6 is 17.2 Å². The second-order valence-electron chi connectivity index (χ2n) is 7.42. The van der Waals surface area contributed by atoms with Gasteiger partial charge in [-0.05, 0) is 34.4 Å². The van der Waals surface area contributed by atoms with Gasteiger partial charge < -0.3 is 9.47 Å². The highest BCUT2D eigenvalue weighted by atomic mass is 31.1. The van der Waals surface area contributed by atoms with E-state index in [0.717, 1.165) is 22.6 Å². The first kappa shape index (κ1) is 23.9. The highest BCUT2D eigenvalue weighted by Gasteiger charge is 2.07. The summed E-state index contributed by atoms with van der Waals surface area (Å²) in [6, 6.07) is 33.1. The third-order valence-electron chi connectivity index (χ3n) is 5.23. The number of hydrogen-bond acceptors (Lipinski definition) is 3. The summed E-state index contributed by atoms with van der Waals surface area (Å²) in [5.74, 6) is 1.84. The highest BCUT2D eigenvalue weighted by molar-refractivity contribution is 7.56. The zero-order chi connectivity index (χ0) is 23.6. The summed E-state index contributed by atoms with van der Waals surface area (Å²) in [5.41, 5.74) is 2.27. The molecular formula is C29H27NO2P2. The van der Waals surface area contributed by atoms with E-state index in [-0.39, 0.29) is 0 Å². The van der Waals surface area contributed by atoms with Crippen LogP contribution in [0.4, 0.5) is 0 Å². The number of nitrogens with zero attached hydrogens (tertiary/aromatic N) is 1. The summed E-state index contributed by atoms with van der Waals surface area (Å²) in [6.07, 6.45) is 5.87. The van der Waals surface area contributed by atoms with E-state index in [0.29, 0.717) is 17.2 Å².